The Labute approximate surface area is 156 Å². The number of nitrogens with zero attached hydrogens (tertiary/aromatic N) is 3. The molecule has 1 aromatic rings. The first-order valence-electron chi connectivity index (χ1n) is 8.35. The van der Waals surface area contributed by atoms with Crippen LogP contribution in [0.4, 0.5) is 11.4 Å². The summed E-state index contributed by atoms with van der Waals surface area (Å²) in [4.78, 5) is 37.3. The molecular weight excluding hydrogens is 354 g/mol. The maximum atomic E-state index is 12.9. The molecule has 1 heterocycles. The number of nitro groups is 1. The van der Waals surface area contributed by atoms with E-state index in [-0.39, 0.29) is 30.8 Å². The number of carbonyl (C=O) groups is 2. The van der Waals surface area contributed by atoms with Gasteiger partial charge in [0.25, 0.3) is 0 Å². The molecule has 1 aromatic carbocycles. The van der Waals surface area contributed by atoms with E-state index in [0.29, 0.717) is 11.3 Å². The van der Waals surface area contributed by atoms with Crippen LogP contribution in [-0.2, 0) is 20.7 Å². The lowest BCUT2D eigenvalue weighted by Crippen LogP contribution is -2.41. The number of hydrogen-bond acceptors (Lipinski definition) is 7. The molecule has 0 N–H and O–H groups in total. The molecule has 0 saturated carbocycles. The molecule has 1 unspecified atom stereocenters. The van der Waals surface area contributed by atoms with Gasteiger partial charge in [-0.25, -0.2) is 0 Å². The van der Waals surface area contributed by atoms with Crippen LogP contribution in [0.2, 0.25) is 0 Å². The molecule has 27 heavy (non-hydrogen) atoms. The number of ether oxygens (including phenoxy) is 2. The molecule has 0 bridgehead atoms. The van der Waals surface area contributed by atoms with Crippen molar-refractivity contribution >= 4 is 23.3 Å². The molecule has 0 aliphatic carbocycles. The van der Waals surface area contributed by atoms with Gasteiger partial charge in [0.2, 0.25) is 5.91 Å². The van der Waals surface area contributed by atoms with Gasteiger partial charge in [0.15, 0.2) is 5.75 Å². The quantitative estimate of drug-likeness (QED) is 0.260. The molecule has 2 rings (SSSR count). The minimum absolute atomic E-state index is 0.0230. The maximum Gasteiger partial charge on any atom is 0.319 e. The van der Waals surface area contributed by atoms with Gasteiger partial charge in [-0.05, 0) is 39.2 Å². The van der Waals surface area contributed by atoms with E-state index in [4.69, 9.17) is 14.7 Å². The van der Waals surface area contributed by atoms with Gasteiger partial charge in [-0.2, -0.15) is 5.26 Å². The smallest absolute Gasteiger partial charge is 0.319 e. The zero-order chi connectivity index (χ0) is 20.4. The molecule has 9 nitrogen and oxygen atoms in total. The molecule has 9 heteroatoms. The second-order valence-electron chi connectivity index (χ2n) is 7.12. The highest BCUT2D eigenvalue weighted by atomic mass is 16.6. The van der Waals surface area contributed by atoms with Gasteiger partial charge in [0.1, 0.15) is 18.1 Å². The van der Waals surface area contributed by atoms with E-state index < -0.39 is 28.3 Å². The molecular formula is C18H21N3O6. The summed E-state index contributed by atoms with van der Waals surface area (Å²) in [5.74, 6) is -2.36. The molecule has 0 radical (unpaired) electrons. The Balaban J connectivity index is 2.51. The van der Waals surface area contributed by atoms with E-state index in [1.165, 1.54) is 19.2 Å². The average Bonchev–Trinajstić information content (AvgIpc) is 2.69. The van der Waals surface area contributed by atoms with Gasteiger partial charge in [-0.1, -0.05) is 0 Å². The predicted octanol–water partition coefficient (Wildman–Crippen LogP) is 2.36. The normalized spacial score (nSPS) is 16.8. The van der Waals surface area contributed by atoms with Crippen molar-refractivity contribution in [1.29, 1.82) is 5.26 Å². The van der Waals surface area contributed by atoms with Crippen LogP contribution in [-0.4, -0.2) is 36.1 Å². The maximum absolute atomic E-state index is 12.9. The monoisotopic (exact) mass is 375 g/mol. The number of nitriles is 1. The lowest BCUT2D eigenvalue weighted by atomic mass is 9.99. The molecule has 0 saturated heterocycles. The fraction of sp³-hybridized carbons (Fsp3) is 0.500. The van der Waals surface area contributed by atoms with Crippen LogP contribution in [0.1, 0.15) is 32.8 Å². The number of aryl methyl sites for hydroxylation is 1. The second kappa shape index (κ2) is 7.61. The fourth-order valence-corrected chi connectivity index (χ4v) is 2.91. The number of amides is 1. The Morgan fingerprint density at radius 1 is 1.44 bits per heavy atom. The number of nitro benzene ring substituents is 1. The van der Waals surface area contributed by atoms with Gasteiger partial charge in [-0.3, -0.25) is 24.6 Å². The lowest BCUT2D eigenvalue weighted by Gasteiger charge is -2.26. The molecule has 1 amide bonds. The van der Waals surface area contributed by atoms with Crippen molar-refractivity contribution in [1.82, 2.24) is 0 Å². The summed E-state index contributed by atoms with van der Waals surface area (Å²) in [5, 5.41) is 20.4. The summed E-state index contributed by atoms with van der Waals surface area (Å²) in [5.41, 5.74) is -0.179. The molecule has 0 spiro atoms. The third kappa shape index (κ3) is 4.34. The van der Waals surface area contributed by atoms with Crippen LogP contribution in [0.25, 0.3) is 0 Å². The van der Waals surface area contributed by atoms with Crippen molar-refractivity contribution < 1.29 is 24.0 Å². The minimum atomic E-state index is -1.09. The molecule has 1 aliphatic heterocycles. The van der Waals surface area contributed by atoms with Crippen LogP contribution >= 0.6 is 0 Å². The number of anilines is 1. The Hall–Kier alpha value is -3.15. The first-order valence-corrected chi connectivity index (χ1v) is 8.35. The number of rotatable bonds is 4. The van der Waals surface area contributed by atoms with Crippen molar-refractivity contribution in [2.75, 3.05) is 18.6 Å². The molecule has 144 valence electrons. The summed E-state index contributed by atoms with van der Waals surface area (Å²) in [6.07, 6.45) is 0.379. The van der Waals surface area contributed by atoms with Gasteiger partial charge >= 0.3 is 11.7 Å². The zero-order valence-electron chi connectivity index (χ0n) is 15.6. The second-order valence-corrected chi connectivity index (χ2v) is 7.12. The standard InChI is InChI=1S/C18H21N3O6/c1-18(2,3)27-17(23)12-6-5-11-9-14(21(24)25)15(26-4)10-13(11)20(8-7-19)16(12)22/h9-10,12H,5-6,8H2,1-4H3. The molecule has 0 aromatic heterocycles. The number of esters is 1. The van der Waals surface area contributed by atoms with Crippen LogP contribution in [0.3, 0.4) is 0 Å². The van der Waals surface area contributed by atoms with E-state index in [2.05, 4.69) is 0 Å². The minimum Gasteiger partial charge on any atom is -0.490 e. The van der Waals surface area contributed by atoms with Crippen LogP contribution < -0.4 is 9.64 Å². The highest BCUT2D eigenvalue weighted by molar-refractivity contribution is 6.07. The number of carbonyl (C=O) groups excluding carboxylic acids is 2. The lowest BCUT2D eigenvalue weighted by molar-refractivity contribution is -0.385. The van der Waals surface area contributed by atoms with Gasteiger partial charge in [0, 0.05) is 12.1 Å². The highest BCUT2D eigenvalue weighted by Crippen LogP contribution is 2.38. The Kier molecular flexibility index (Phi) is 5.69. The molecule has 1 aliphatic rings. The fourth-order valence-electron chi connectivity index (χ4n) is 2.91. The first kappa shape index (κ1) is 20.2. The van der Waals surface area contributed by atoms with Crippen molar-refractivity contribution in [2.24, 2.45) is 5.92 Å². The average molecular weight is 375 g/mol. The highest BCUT2D eigenvalue weighted by Gasteiger charge is 2.38. The topological polar surface area (TPSA) is 123 Å². The van der Waals surface area contributed by atoms with E-state index in [1.807, 2.05) is 6.07 Å². The number of fused-ring (bicyclic) bond motifs is 1. The summed E-state index contributed by atoms with van der Waals surface area (Å²) in [6, 6.07) is 4.58. The van der Waals surface area contributed by atoms with E-state index >= 15 is 0 Å². The van der Waals surface area contributed by atoms with Gasteiger partial charge in [-0.15, -0.1) is 0 Å². The molecule has 0 fully saturated rings. The predicted molar refractivity (Wildman–Crippen MR) is 95.3 cm³/mol. The Morgan fingerprint density at radius 3 is 2.63 bits per heavy atom. The van der Waals surface area contributed by atoms with Crippen LogP contribution in [0.5, 0.6) is 5.75 Å². The largest absolute Gasteiger partial charge is 0.490 e. The summed E-state index contributed by atoms with van der Waals surface area (Å²) in [7, 11) is 1.28. The van der Waals surface area contributed by atoms with E-state index in [0.717, 1.165) is 4.90 Å². The third-order valence-corrected chi connectivity index (χ3v) is 4.05. The Morgan fingerprint density at radius 2 is 2.11 bits per heavy atom. The zero-order valence-corrected chi connectivity index (χ0v) is 15.6. The summed E-state index contributed by atoms with van der Waals surface area (Å²) >= 11 is 0. The third-order valence-electron chi connectivity index (χ3n) is 4.05. The van der Waals surface area contributed by atoms with Crippen molar-refractivity contribution in [3.63, 3.8) is 0 Å². The Bertz CT molecular complexity index is 822. The van der Waals surface area contributed by atoms with E-state index in [1.54, 1.807) is 20.8 Å². The first-order chi connectivity index (χ1) is 12.6. The van der Waals surface area contributed by atoms with Crippen molar-refractivity contribution in [2.45, 2.75) is 39.2 Å². The van der Waals surface area contributed by atoms with E-state index in [9.17, 15) is 19.7 Å². The molecule has 1 atom stereocenters. The van der Waals surface area contributed by atoms with Crippen molar-refractivity contribution in [3.05, 3.63) is 27.8 Å². The van der Waals surface area contributed by atoms with Gasteiger partial charge in [0.05, 0.1) is 23.8 Å². The number of hydrogen-bond donors (Lipinski definition) is 0. The van der Waals surface area contributed by atoms with Crippen LogP contribution in [0, 0.1) is 27.4 Å². The SMILES string of the molecule is COc1cc2c(cc1[N+](=O)[O-])CCC(C(=O)OC(C)(C)C)C(=O)N2CC#N. The van der Waals surface area contributed by atoms with Gasteiger partial charge < -0.3 is 9.47 Å². The number of benzene rings is 1. The van der Waals surface area contributed by atoms with Crippen LogP contribution in [0.15, 0.2) is 12.1 Å². The summed E-state index contributed by atoms with van der Waals surface area (Å²) < 4.78 is 10.4. The summed E-state index contributed by atoms with van der Waals surface area (Å²) in [6.45, 7) is 4.79. The number of methoxy groups -OCH3 is 1. The van der Waals surface area contributed by atoms with Crippen molar-refractivity contribution in [3.8, 4) is 11.8 Å².